The van der Waals surface area contributed by atoms with Gasteiger partial charge in [0.05, 0.1) is 0 Å². The summed E-state index contributed by atoms with van der Waals surface area (Å²) in [5.74, 6) is 0. The number of unbranched alkanes of at least 4 members (excludes halogenated alkanes) is 1. The molecule has 1 unspecified atom stereocenters. The Kier molecular flexibility index (Phi) is 5.73. The number of carbonyl (C=O) groups excluding carboxylic acids is 1. The van der Waals surface area contributed by atoms with Gasteiger partial charge < -0.3 is 5.11 Å². The highest BCUT2D eigenvalue weighted by Gasteiger charge is 2.11. The molecule has 0 rings (SSSR count). The fourth-order valence-corrected chi connectivity index (χ4v) is 1.04. The van der Waals surface area contributed by atoms with Crippen LogP contribution in [0.25, 0.3) is 0 Å². The third kappa shape index (κ3) is 3.90. The van der Waals surface area contributed by atoms with E-state index in [2.05, 4.69) is 0 Å². The third-order valence-electron chi connectivity index (χ3n) is 1.30. The Morgan fingerprint density at radius 3 is 2.70 bits per heavy atom. The number of hydrogen-bond acceptors (Lipinski definition) is 3. The van der Waals surface area contributed by atoms with Crippen LogP contribution in [0.2, 0.25) is 0 Å². The largest absolute Gasteiger partial charge is 0.384 e. The molecule has 0 fully saturated rings. The fraction of sp³-hybridized carbons (Fsp3) is 0.857. The molecule has 0 aromatic carbocycles. The summed E-state index contributed by atoms with van der Waals surface area (Å²) in [6.45, 7) is 2.04. The minimum atomic E-state index is -0.741. The molecule has 0 amide bonds. The summed E-state index contributed by atoms with van der Waals surface area (Å²) < 4.78 is 0. The maximum Gasteiger partial charge on any atom is 0.217 e. The normalized spacial score (nSPS) is 13.1. The third-order valence-corrected chi connectivity index (χ3v) is 1.98. The predicted octanol–water partition coefficient (Wildman–Crippen LogP) is 1.43. The van der Waals surface area contributed by atoms with Crippen molar-refractivity contribution >= 4 is 16.9 Å². The summed E-state index contributed by atoms with van der Waals surface area (Å²) in [6, 6.07) is 0. The first kappa shape index (κ1) is 9.98. The molecule has 60 valence electrons. The molecule has 0 spiro atoms. The van der Waals surface area contributed by atoms with Crippen molar-refractivity contribution < 1.29 is 9.90 Å². The first-order valence-corrected chi connectivity index (χ1v) is 4.70. The van der Waals surface area contributed by atoms with Gasteiger partial charge in [0.2, 0.25) is 5.12 Å². The van der Waals surface area contributed by atoms with Gasteiger partial charge >= 0.3 is 0 Å². The van der Waals surface area contributed by atoms with Gasteiger partial charge in [-0.1, -0.05) is 31.5 Å². The van der Waals surface area contributed by atoms with E-state index in [1.807, 2.05) is 6.92 Å². The number of rotatable bonds is 4. The minimum Gasteiger partial charge on any atom is -0.384 e. The molecule has 0 saturated heterocycles. The highest BCUT2D eigenvalue weighted by Crippen LogP contribution is 2.07. The molecule has 0 bridgehead atoms. The molecular weight excluding hydrogens is 148 g/mol. The Labute approximate surface area is 66.0 Å². The lowest BCUT2D eigenvalue weighted by atomic mass is 10.2. The highest BCUT2D eigenvalue weighted by atomic mass is 32.2. The van der Waals surface area contributed by atoms with Crippen molar-refractivity contribution in [2.45, 2.75) is 32.3 Å². The van der Waals surface area contributed by atoms with Crippen molar-refractivity contribution in [2.24, 2.45) is 0 Å². The lowest BCUT2D eigenvalue weighted by Crippen LogP contribution is -2.16. The standard InChI is InChI=1S/C7H14O2S/c1-3-4-5-6(8)7(9)10-2/h6,8H,3-5H2,1-2H3. The van der Waals surface area contributed by atoms with E-state index in [-0.39, 0.29) is 5.12 Å². The molecule has 0 aliphatic carbocycles. The van der Waals surface area contributed by atoms with E-state index in [9.17, 15) is 4.79 Å². The second kappa shape index (κ2) is 5.74. The highest BCUT2D eigenvalue weighted by molar-refractivity contribution is 8.13. The van der Waals surface area contributed by atoms with Crippen molar-refractivity contribution in [3.05, 3.63) is 0 Å². The number of aliphatic hydroxyl groups excluding tert-OH is 1. The SMILES string of the molecule is CCCCC(O)C(=O)SC. The Morgan fingerprint density at radius 1 is 1.70 bits per heavy atom. The van der Waals surface area contributed by atoms with Crippen molar-refractivity contribution in [2.75, 3.05) is 6.26 Å². The summed E-state index contributed by atoms with van der Waals surface area (Å²) in [5, 5.41) is 8.96. The molecule has 0 heterocycles. The zero-order valence-electron chi connectivity index (χ0n) is 6.46. The summed E-state index contributed by atoms with van der Waals surface area (Å²) in [6.07, 6.45) is 3.51. The van der Waals surface area contributed by atoms with Gasteiger partial charge in [0.15, 0.2) is 0 Å². The Hall–Kier alpha value is -0.0200. The van der Waals surface area contributed by atoms with E-state index in [0.29, 0.717) is 6.42 Å². The van der Waals surface area contributed by atoms with E-state index in [4.69, 9.17) is 5.11 Å². The fourth-order valence-electron chi connectivity index (χ4n) is 0.651. The molecule has 1 N–H and O–H groups in total. The molecule has 0 aromatic heterocycles. The van der Waals surface area contributed by atoms with Crippen LogP contribution < -0.4 is 0 Å². The quantitative estimate of drug-likeness (QED) is 0.679. The summed E-state index contributed by atoms with van der Waals surface area (Å²) >= 11 is 1.09. The molecule has 0 aliphatic rings. The molecule has 2 nitrogen and oxygen atoms in total. The van der Waals surface area contributed by atoms with Crippen molar-refractivity contribution in [1.82, 2.24) is 0 Å². The number of hydrogen-bond donors (Lipinski definition) is 1. The van der Waals surface area contributed by atoms with Crippen molar-refractivity contribution in [3.63, 3.8) is 0 Å². The average molecular weight is 162 g/mol. The van der Waals surface area contributed by atoms with Crippen LogP contribution in [0.5, 0.6) is 0 Å². The van der Waals surface area contributed by atoms with E-state index in [1.54, 1.807) is 6.26 Å². The van der Waals surface area contributed by atoms with Gasteiger partial charge in [-0.15, -0.1) is 0 Å². The topological polar surface area (TPSA) is 37.3 Å². The monoisotopic (exact) mass is 162 g/mol. The molecule has 3 heteroatoms. The number of aliphatic hydroxyl groups is 1. The van der Waals surface area contributed by atoms with Crippen molar-refractivity contribution in [3.8, 4) is 0 Å². The van der Waals surface area contributed by atoms with Gasteiger partial charge in [-0.3, -0.25) is 4.79 Å². The maximum atomic E-state index is 10.7. The molecule has 10 heavy (non-hydrogen) atoms. The van der Waals surface area contributed by atoms with E-state index >= 15 is 0 Å². The van der Waals surface area contributed by atoms with Crippen LogP contribution in [0.4, 0.5) is 0 Å². The maximum absolute atomic E-state index is 10.7. The molecule has 1 atom stereocenters. The average Bonchev–Trinajstić information content (AvgIpc) is 1.98. The van der Waals surface area contributed by atoms with Gasteiger partial charge in [-0.2, -0.15) is 0 Å². The minimum absolute atomic E-state index is 0.117. The first-order chi connectivity index (χ1) is 4.72. The zero-order chi connectivity index (χ0) is 7.98. The molecule has 0 radical (unpaired) electrons. The smallest absolute Gasteiger partial charge is 0.217 e. The zero-order valence-corrected chi connectivity index (χ0v) is 7.28. The number of carbonyl (C=O) groups is 1. The summed E-state index contributed by atoms with van der Waals surface area (Å²) in [4.78, 5) is 10.7. The number of thioether (sulfide) groups is 1. The summed E-state index contributed by atoms with van der Waals surface area (Å²) in [5.41, 5.74) is 0. The van der Waals surface area contributed by atoms with Gasteiger partial charge in [-0.05, 0) is 12.7 Å². The lowest BCUT2D eigenvalue weighted by molar-refractivity contribution is -0.118. The Balaban J connectivity index is 3.41. The van der Waals surface area contributed by atoms with E-state index in [1.165, 1.54) is 0 Å². The molecule has 0 aliphatic heterocycles. The van der Waals surface area contributed by atoms with Crippen LogP contribution in [-0.4, -0.2) is 22.6 Å². The molecule has 0 aromatic rings. The van der Waals surface area contributed by atoms with Crippen LogP contribution in [0.1, 0.15) is 26.2 Å². The van der Waals surface area contributed by atoms with E-state index < -0.39 is 6.10 Å². The van der Waals surface area contributed by atoms with Crippen LogP contribution >= 0.6 is 11.8 Å². The second-order valence-corrected chi connectivity index (χ2v) is 2.99. The first-order valence-electron chi connectivity index (χ1n) is 3.48. The Bertz CT molecular complexity index is 104. The van der Waals surface area contributed by atoms with Crippen LogP contribution in [0, 0.1) is 0 Å². The van der Waals surface area contributed by atoms with Gasteiger partial charge in [0.1, 0.15) is 6.10 Å². The molecule has 0 saturated carbocycles. The predicted molar refractivity (Wildman–Crippen MR) is 44.1 cm³/mol. The summed E-state index contributed by atoms with van der Waals surface area (Å²) in [7, 11) is 0. The van der Waals surface area contributed by atoms with Gasteiger partial charge in [0, 0.05) is 0 Å². The van der Waals surface area contributed by atoms with Crippen LogP contribution in [0.3, 0.4) is 0 Å². The van der Waals surface area contributed by atoms with Gasteiger partial charge in [0.25, 0.3) is 0 Å². The second-order valence-electron chi connectivity index (χ2n) is 2.18. The van der Waals surface area contributed by atoms with Crippen LogP contribution in [-0.2, 0) is 4.79 Å². The van der Waals surface area contributed by atoms with Crippen molar-refractivity contribution in [1.29, 1.82) is 0 Å². The Morgan fingerprint density at radius 2 is 2.30 bits per heavy atom. The van der Waals surface area contributed by atoms with E-state index in [0.717, 1.165) is 24.6 Å². The lowest BCUT2D eigenvalue weighted by Gasteiger charge is -2.04. The van der Waals surface area contributed by atoms with Crippen LogP contribution in [0.15, 0.2) is 0 Å². The molecular formula is C7H14O2S. The van der Waals surface area contributed by atoms with Gasteiger partial charge in [-0.25, -0.2) is 0 Å².